The van der Waals surface area contributed by atoms with Gasteiger partial charge in [-0.15, -0.1) is 11.6 Å². The minimum absolute atomic E-state index is 0.0963. The zero-order valence-corrected chi connectivity index (χ0v) is 12.1. The smallest absolute Gasteiger partial charge is 0.410 e. The quantitative estimate of drug-likeness (QED) is 0.741. The second kappa shape index (κ2) is 6.41. The molecule has 0 saturated carbocycles. The molecule has 18 heavy (non-hydrogen) atoms. The van der Waals surface area contributed by atoms with Crippen LogP contribution in [0.5, 0.6) is 0 Å². The summed E-state index contributed by atoms with van der Waals surface area (Å²) in [5, 5.41) is 0. The molecule has 0 N–H and O–H groups in total. The predicted octanol–water partition coefficient (Wildman–Crippen LogP) is 2.97. The molecule has 1 rings (SSSR count). The molecule has 0 spiro atoms. The number of nitrogens with zero attached hydrogens (tertiary/aromatic N) is 1. The molecule has 0 aromatic rings. The maximum atomic E-state index is 12.0. The molecule has 4 nitrogen and oxygen atoms in total. The molecule has 1 saturated heterocycles. The second-order valence-electron chi connectivity index (χ2n) is 5.59. The highest BCUT2D eigenvalue weighted by Crippen LogP contribution is 2.22. The van der Waals surface area contributed by atoms with Gasteiger partial charge in [-0.25, -0.2) is 4.79 Å². The van der Waals surface area contributed by atoms with E-state index in [1.807, 2.05) is 20.8 Å². The van der Waals surface area contributed by atoms with Crippen molar-refractivity contribution in [1.82, 2.24) is 4.90 Å². The molecule has 1 amide bonds. The number of hydrogen-bond donors (Lipinski definition) is 0. The Morgan fingerprint density at radius 1 is 1.39 bits per heavy atom. The first-order valence-corrected chi connectivity index (χ1v) is 6.97. The molecule has 0 aliphatic carbocycles. The summed E-state index contributed by atoms with van der Waals surface area (Å²) >= 11 is 5.58. The van der Waals surface area contributed by atoms with Gasteiger partial charge in [0.1, 0.15) is 5.60 Å². The van der Waals surface area contributed by atoms with Crippen LogP contribution in [0.2, 0.25) is 0 Å². The summed E-state index contributed by atoms with van der Waals surface area (Å²) in [6.07, 6.45) is 2.31. The Bertz CT molecular complexity index is 312. The van der Waals surface area contributed by atoms with E-state index in [0.717, 1.165) is 12.8 Å². The van der Waals surface area contributed by atoms with E-state index < -0.39 is 5.60 Å². The molecular formula is C13H22ClNO3. The van der Waals surface area contributed by atoms with Gasteiger partial charge < -0.3 is 4.74 Å². The van der Waals surface area contributed by atoms with Crippen LogP contribution in [0.25, 0.3) is 0 Å². The fourth-order valence-corrected chi connectivity index (χ4v) is 2.18. The van der Waals surface area contributed by atoms with E-state index in [0.29, 0.717) is 25.3 Å². The summed E-state index contributed by atoms with van der Waals surface area (Å²) in [6.45, 7) is 6.08. The molecule has 1 atom stereocenters. The van der Waals surface area contributed by atoms with Crippen molar-refractivity contribution in [3.05, 3.63) is 0 Å². The molecular weight excluding hydrogens is 254 g/mol. The van der Waals surface area contributed by atoms with Crippen LogP contribution in [0.4, 0.5) is 4.79 Å². The number of rotatable bonds is 4. The van der Waals surface area contributed by atoms with Gasteiger partial charge in [-0.2, -0.15) is 0 Å². The predicted molar refractivity (Wildman–Crippen MR) is 70.9 cm³/mol. The third-order valence-corrected chi connectivity index (χ3v) is 3.08. The van der Waals surface area contributed by atoms with Gasteiger partial charge in [0.05, 0.1) is 6.04 Å². The lowest BCUT2D eigenvalue weighted by Crippen LogP contribution is -2.43. The first-order valence-electron chi connectivity index (χ1n) is 6.43. The first-order chi connectivity index (χ1) is 8.35. The molecule has 104 valence electrons. The van der Waals surface area contributed by atoms with Crippen LogP contribution in [-0.4, -0.2) is 40.8 Å². The maximum absolute atomic E-state index is 12.0. The minimum Gasteiger partial charge on any atom is -0.444 e. The van der Waals surface area contributed by atoms with Crippen LogP contribution in [0.1, 0.15) is 46.5 Å². The first kappa shape index (κ1) is 15.3. The minimum atomic E-state index is -0.524. The number of amides is 1. The van der Waals surface area contributed by atoms with Crippen molar-refractivity contribution in [2.45, 2.75) is 58.1 Å². The highest BCUT2D eigenvalue weighted by atomic mass is 35.5. The van der Waals surface area contributed by atoms with Gasteiger partial charge in [-0.3, -0.25) is 9.69 Å². The Kier molecular flexibility index (Phi) is 5.45. The van der Waals surface area contributed by atoms with Gasteiger partial charge in [-0.1, -0.05) is 0 Å². The number of ether oxygens (including phenoxy) is 1. The Morgan fingerprint density at radius 2 is 2.06 bits per heavy atom. The average molecular weight is 276 g/mol. The summed E-state index contributed by atoms with van der Waals surface area (Å²) in [5.74, 6) is 0.573. The topological polar surface area (TPSA) is 46.6 Å². The van der Waals surface area contributed by atoms with E-state index in [1.54, 1.807) is 4.90 Å². The number of carbonyl (C=O) groups excluding carboxylic acids is 2. The standard InChI is InChI=1S/C13H22ClNO3/c1-13(2,3)18-12(17)15-9-5-6-10(15)11(16)7-4-8-14/h10H,4-9H2,1-3H3/t10-/m1/s1. The summed E-state index contributed by atoms with van der Waals surface area (Å²) in [4.78, 5) is 25.5. The average Bonchev–Trinajstić information content (AvgIpc) is 2.72. The summed E-state index contributed by atoms with van der Waals surface area (Å²) in [5.41, 5.74) is -0.524. The van der Waals surface area contributed by atoms with E-state index in [-0.39, 0.29) is 17.9 Å². The van der Waals surface area contributed by atoms with Crippen molar-refractivity contribution in [3.63, 3.8) is 0 Å². The van der Waals surface area contributed by atoms with E-state index >= 15 is 0 Å². The lowest BCUT2D eigenvalue weighted by Gasteiger charge is -2.27. The van der Waals surface area contributed by atoms with Crippen LogP contribution in [0, 0.1) is 0 Å². The molecule has 0 aromatic carbocycles. The van der Waals surface area contributed by atoms with Gasteiger partial charge in [0.15, 0.2) is 5.78 Å². The van der Waals surface area contributed by atoms with Gasteiger partial charge in [0.25, 0.3) is 0 Å². The molecule has 1 aliphatic rings. The molecule has 0 unspecified atom stereocenters. The summed E-state index contributed by atoms with van der Waals surface area (Å²) < 4.78 is 5.32. The van der Waals surface area contributed by atoms with Crippen molar-refractivity contribution >= 4 is 23.5 Å². The molecule has 5 heteroatoms. The summed E-state index contributed by atoms with van der Waals surface area (Å²) in [7, 11) is 0. The van der Waals surface area contributed by atoms with Gasteiger partial charge >= 0.3 is 6.09 Å². The monoisotopic (exact) mass is 275 g/mol. The fourth-order valence-electron chi connectivity index (χ4n) is 2.05. The Labute approximate surface area is 114 Å². The van der Waals surface area contributed by atoms with E-state index in [1.165, 1.54) is 0 Å². The van der Waals surface area contributed by atoms with Crippen molar-refractivity contribution in [3.8, 4) is 0 Å². The Balaban J connectivity index is 2.59. The number of Topliss-reactive ketones (excluding diaryl/α,β-unsaturated/α-hetero) is 1. The van der Waals surface area contributed by atoms with Crippen LogP contribution in [0.15, 0.2) is 0 Å². The molecule has 1 fully saturated rings. The van der Waals surface area contributed by atoms with Gasteiger partial charge in [0.2, 0.25) is 0 Å². The second-order valence-corrected chi connectivity index (χ2v) is 5.97. The third-order valence-electron chi connectivity index (χ3n) is 2.81. The van der Waals surface area contributed by atoms with Crippen LogP contribution in [-0.2, 0) is 9.53 Å². The van der Waals surface area contributed by atoms with Crippen molar-refractivity contribution < 1.29 is 14.3 Å². The number of alkyl halides is 1. The normalized spacial score (nSPS) is 20.0. The maximum Gasteiger partial charge on any atom is 0.410 e. The van der Waals surface area contributed by atoms with E-state index in [4.69, 9.17) is 16.3 Å². The van der Waals surface area contributed by atoms with E-state index in [9.17, 15) is 9.59 Å². The number of likely N-dealkylation sites (tertiary alicyclic amines) is 1. The van der Waals surface area contributed by atoms with Crippen molar-refractivity contribution in [2.24, 2.45) is 0 Å². The van der Waals surface area contributed by atoms with Crippen LogP contribution < -0.4 is 0 Å². The fraction of sp³-hybridized carbons (Fsp3) is 0.846. The molecule has 0 bridgehead atoms. The van der Waals surface area contributed by atoms with Gasteiger partial charge in [-0.05, 0) is 40.0 Å². The van der Waals surface area contributed by atoms with Gasteiger partial charge in [0, 0.05) is 18.8 Å². The molecule has 1 aliphatic heterocycles. The Hall–Kier alpha value is -0.770. The molecule has 0 radical (unpaired) electrons. The zero-order chi connectivity index (χ0) is 13.8. The lowest BCUT2D eigenvalue weighted by atomic mass is 10.1. The van der Waals surface area contributed by atoms with Crippen LogP contribution in [0.3, 0.4) is 0 Å². The summed E-state index contributed by atoms with van der Waals surface area (Å²) in [6, 6.07) is -0.317. The third kappa shape index (κ3) is 4.48. The number of ketones is 1. The van der Waals surface area contributed by atoms with Crippen molar-refractivity contribution in [1.29, 1.82) is 0 Å². The van der Waals surface area contributed by atoms with Crippen LogP contribution >= 0.6 is 11.6 Å². The Morgan fingerprint density at radius 3 is 2.61 bits per heavy atom. The largest absolute Gasteiger partial charge is 0.444 e. The SMILES string of the molecule is CC(C)(C)OC(=O)N1CCC[C@@H]1C(=O)CCCCl. The lowest BCUT2D eigenvalue weighted by molar-refractivity contribution is -0.123. The van der Waals surface area contributed by atoms with E-state index in [2.05, 4.69) is 0 Å². The highest BCUT2D eigenvalue weighted by Gasteiger charge is 2.35. The highest BCUT2D eigenvalue weighted by molar-refractivity contribution is 6.17. The number of hydrogen-bond acceptors (Lipinski definition) is 3. The zero-order valence-electron chi connectivity index (χ0n) is 11.4. The number of halogens is 1. The number of carbonyl (C=O) groups is 2. The molecule has 0 aromatic heterocycles. The van der Waals surface area contributed by atoms with Crippen molar-refractivity contribution in [2.75, 3.05) is 12.4 Å². The molecule has 1 heterocycles.